The standard InChI is InChI=1S/C10H15NO2S/c1-3-4-9-11-8(6-14-9)7(2)5-10(12)13/h6-7H,3-5H2,1-2H3,(H,12,13). The molecule has 0 aromatic carbocycles. The van der Waals surface area contributed by atoms with Crippen LogP contribution in [0.4, 0.5) is 0 Å². The van der Waals surface area contributed by atoms with Crippen LogP contribution in [-0.2, 0) is 11.2 Å². The number of carboxylic acid groups (broad SMARTS) is 1. The zero-order chi connectivity index (χ0) is 10.6. The molecule has 0 bridgehead atoms. The van der Waals surface area contributed by atoms with Gasteiger partial charge in [0.1, 0.15) is 0 Å². The molecule has 1 N–H and O–H groups in total. The Kier molecular flexibility index (Phi) is 4.07. The van der Waals surface area contributed by atoms with Crippen LogP contribution in [0.5, 0.6) is 0 Å². The molecule has 0 aliphatic carbocycles. The Bertz CT molecular complexity index is 309. The second-order valence-corrected chi connectivity index (χ2v) is 4.36. The lowest BCUT2D eigenvalue weighted by Gasteiger charge is -2.03. The van der Waals surface area contributed by atoms with Crippen molar-refractivity contribution in [2.45, 2.75) is 39.0 Å². The lowest BCUT2D eigenvalue weighted by Crippen LogP contribution is -2.03. The molecule has 0 saturated heterocycles. The minimum absolute atomic E-state index is 0.0226. The summed E-state index contributed by atoms with van der Waals surface area (Å²) < 4.78 is 0. The minimum Gasteiger partial charge on any atom is -0.481 e. The number of thiazole rings is 1. The molecular weight excluding hydrogens is 198 g/mol. The van der Waals surface area contributed by atoms with Crippen molar-refractivity contribution in [1.82, 2.24) is 4.98 Å². The topological polar surface area (TPSA) is 50.2 Å². The van der Waals surface area contributed by atoms with Crippen LogP contribution >= 0.6 is 11.3 Å². The maximum atomic E-state index is 10.5. The molecule has 1 aromatic heterocycles. The molecule has 4 heteroatoms. The summed E-state index contributed by atoms with van der Waals surface area (Å²) in [6.45, 7) is 4.01. The number of hydrogen-bond acceptors (Lipinski definition) is 3. The van der Waals surface area contributed by atoms with Crippen LogP contribution in [0.2, 0.25) is 0 Å². The van der Waals surface area contributed by atoms with Gasteiger partial charge in [-0.05, 0) is 12.8 Å². The Morgan fingerprint density at radius 2 is 2.43 bits per heavy atom. The lowest BCUT2D eigenvalue weighted by atomic mass is 10.1. The highest BCUT2D eigenvalue weighted by molar-refractivity contribution is 7.09. The third-order valence-corrected chi connectivity index (χ3v) is 2.95. The average molecular weight is 213 g/mol. The van der Waals surface area contributed by atoms with Crippen molar-refractivity contribution in [2.75, 3.05) is 0 Å². The maximum Gasteiger partial charge on any atom is 0.304 e. The fraction of sp³-hybridized carbons (Fsp3) is 0.600. The molecule has 0 amide bonds. The Morgan fingerprint density at radius 1 is 1.71 bits per heavy atom. The van der Waals surface area contributed by atoms with Crippen molar-refractivity contribution in [3.05, 3.63) is 16.1 Å². The highest BCUT2D eigenvalue weighted by Crippen LogP contribution is 2.21. The van der Waals surface area contributed by atoms with Crippen molar-refractivity contribution in [3.63, 3.8) is 0 Å². The number of carbonyl (C=O) groups is 1. The molecule has 1 heterocycles. The third kappa shape index (κ3) is 3.10. The Balaban J connectivity index is 2.61. The van der Waals surface area contributed by atoms with Gasteiger partial charge in [0.05, 0.1) is 17.1 Å². The maximum absolute atomic E-state index is 10.5. The van der Waals surface area contributed by atoms with Gasteiger partial charge in [-0.3, -0.25) is 4.79 Å². The number of aryl methyl sites for hydroxylation is 1. The molecule has 1 aromatic rings. The minimum atomic E-state index is -0.762. The molecule has 1 rings (SSSR count). The zero-order valence-electron chi connectivity index (χ0n) is 8.49. The predicted molar refractivity (Wildman–Crippen MR) is 56.8 cm³/mol. The fourth-order valence-corrected chi connectivity index (χ4v) is 2.27. The largest absolute Gasteiger partial charge is 0.481 e. The molecule has 78 valence electrons. The van der Waals surface area contributed by atoms with Crippen LogP contribution in [0.3, 0.4) is 0 Å². The van der Waals surface area contributed by atoms with E-state index < -0.39 is 5.97 Å². The van der Waals surface area contributed by atoms with E-state index in [2.05, 4.69) is 11.9 Å². The third-order valence-electron chi connectivity index (χ3n) is 2.02. The van der Waals surface area contributed by atoms with Gasteiger partial charge in [-0.15, -0.1) is 11.3 Å². The first kappa shape index (κ1) is 11.2. The van der Waals surface area contributed by atoms with Gasteiger partial charge in [-0.1, -0.05) is 13.8 Å². The van der Waals surface area contributed by atoms with Gasteiger partial charge < -0.3 is 5.11 Å². The second kappa shape index (κ2) is 5.10. The number of carboxylic acids is 1. The quantitative estimate of drug-likeness (QED) is 0.818. The summed E-state index contributed by atoms with van der Waals surface area (Å²) in [5, 5.41) is 11.7. The van der Waals surface area contributed by atoms with Gasteiger partial charge in [-0.25, -0.2) is 4.98 Å². The van der Waals surface area contributed by atoms with Crippen LogP contribution in [0.1, 0.15) is 43.3 Å². The van der Waals surface area contributed by atoms with E-state index in [4.69, 9.17) is 5.11 Å². The summed E-state index contributed by atoms with van der Waals surface area (Å²) in [4.78, 5) is 14.9. The molecule has 0 aliphatic rings. The summed E-state index contributed by atoms with van der Waals surface area (Å²) in [6.07, 6.45) is 2.24. The Morgan fingerprint density at radius 3 is 3.00 bits per heavy atom. The van der Waals surface area contributed by atoms with E-state index in [0.717, 1.165) is 23.5 Å². The van der Waals surface area contributed by atoms with Gasteiger partial charge in [0.2, 0.25) is 0 Å². The smallest absolute Gasteiger partial charge is 0.304 e. The summed E-state index contributed by atoms with van der Waals surface area (Å²) in [5.74, 6) is -0.739. The van der Waals surface area contributed by atoms with Crippen LogP contribution in [-0.4, -0.2) is 16.1 Å². The number of aromatic nitrogens is 1. The van der Waals surface area contributed by atoms with Gasteiger partial charge >= 0.3 is 5.97 Å². The van der Waals surface area contributed by atoms with Crippen LogP contribution < -0.4 is 0 Å². The van der Waals surface area contributed by atoms with Gasteiger partial charge in [-0.2, -0.15) is 0 Å². The van der Waals surface area contributed by atoms with Crippen molar-refractivity contribution in [2.24, 2.45) is 0 Å². The van der Waals surface area contributed by atoms with E-state index in [1.165, 1.54) is 0 Å². The van der Waals surface area contributed by atoms with E-state index in [9.17, 15) is 4.79 Å². The molecule has 0 fully saturated rings. The van der Waals surface area contributed by atoms with Crippen molar-refractivity contribution in [3.8, 4) is 0 Å². The van der Waals surface area contributed by atoms with E-state index in [1.807, 2.05) is 12.3 Å². The van der Waals surface area contributed by atoms with E-state index in [1.54, 1.807) is 11.3 Å². The van der Waals surface area contributed by atoms with Gasteiger partial charge in [0.15, 0.2) is 0 Å². The normalized spacial score (nSPS) is 12.7. The number of nitrogens with zero attached hydrogens (tertiary/aromatic N) is 1. The molecule has 1 atom stereocenters. The first-order valence-electron chi connectivity index (χ1n) is 4.79. The predicted octanol–water partition coefficient (Wildman–Crippen LogP) is 2.67. The number of aliphatic carboxylic acids is 1. The SMILES string of the molecule is CCCc1nc(C(C)CC(=O)O)cs1. The second-order valence-electron chi connectivity index (χ2n) is 3.42. The van der Waals surface area contributed by atoms with Gasteiger partial charge in [0, 0.05) is 11.3 Å². The first-order chi connectivity index (χ1) is 6.63. The molecular formula is C10H15NO2S. The highest BCUT2D eigenvalue weighted by Gasteiger charge is 2.13. The van der Waals surface area contributed by atoms with Crippen molar-refractivity contribution in [1.29, 1.82) is 0 Å². The Hall–Kier alpha value is -0.900. The lowest BCUT2D eigenvalue weighted by molar-refractivity contribution is -0.137. The molecule has 0 spiro atoms. The van der Waals surface area contributed by atoms with Crippen molar-refractivity contribution < 1.29 is 9.90 Å². The number of hydrogen-bond donors (Lipinski definition) is 1. The number of rotatable bonds is 5. The van der Waals surface area contributed by atoms with Crippen molar-refractivity contribution >= 4 is 17.3 Å². The summed E-state index contributed by atoms with van der Waals surface area (Å²) in [6, 6.07) is 0. The summed E-state index contributed by atoms with van der Waals surface area (Å²) in [7, 11) is 0. The summed E-state index contributed by atoms with van der Waals surface area (Å²) >= 11 is 1.63. The molecule has 0 aliphatic heterocycles. The molecule has 3 nitrogen and oxygen atoms in total. The average Bonchev–Trinajstić information content (AvgIpc) is 2.52. The fourth-order valence-electron chi connectivity index (χ4n) is 1.25. The Labute approximate surface area is 87.8 Å². The monoisotopic (exact) mass is 213 g/mol. The van der Waals surface area contributed by atoms with Crippen LogP contribution in [0, 0.1) is 0 Å². The zero-order valence-corrected chi connectivity index (χ0v) is 9.30. The van der Waals surface area contributed by atoms with E-state index in [0.29, 0.717) is 0 Å². The molecule has 14 heavy (non-hydrogen) atoms. The van der Waals surface area contributed by atoms with E-state index >= 15 is 0 Å². The summed E-state index contributed by atoms with van der Waals surface area (Å²) in [5.41, 5.74) is 0.917. The highest BCUT2D eigenvalue weighted by atomic mass is 32.1. The molecule has 0 saturated carbocycles. The van der Waals surface area contributed by atoms with Crippen LogP contribution in [0.15, 0.2) is 5.38 Å². The first-order valence-corrected chi connectivity index (χ1v) is 5.67. The molecule has 0 radical (unpaired) electrons. The van der Waals surface area contributed by atoms with Gasteiger partial charge in [0.25, 0.3) is 0 Å². The van der Waals surface area contributed by atoms with Crippen LogP contribution in [0.25, 0.3) is 0 Å². The molecule has 1 unspecified atom stereocenters. The van der Waals surface area contributed by atoms with E-state index in [-0.39, 0.29) is 12.3 Å².